The van der Waals surface area contributed by atoms with Crippen LogP contribution in [0.3, 0.4) is 0 Å². The fourth-order valence-corrected chi connectivity index (χ4v) is 7.14. The van der Waals surface area contributed by atoms with E-state index in [-0.39, 0.29) is 22.9 Å². The highest BCUT2D eigenvalue weighted by atomic mass is 32.2. The van der Waals surface area contributed by atoms with Crippen molar-refractivity contribution in [1.29, 1.82) is 0 Å². The van der Waals surface area contributed by atoms with Crippen molar-refractivity contribution >= 4 is 38.6 Å². The average Bonchev–Trinajstić information content (AvgIpc) is 3.40. The number of halogens is 3. The van der Waals surface area contributed by atoms with Gasteiger partial charge in [-0.3, -0.25) is 10.0 Å². The summed E-state index contributed by atoms with van der Waals surface area (Å²) in [6, 6.07) is 7.76. The van der Waals surface area contributed by atoms with E-state index in [1.165, 1.54) is 27.9 Å². The molecule has 1 amide bonds. The monoisotopic (exact) mass is 488 g/mol. The third-order valence-electron chi connectivity index (χ3n) is 4.86. The second-order valence-corrected chi connectivity index (χ2v) is 10.8. The standard InChI is InChI=1S/C19H15F3N2O4S3/c20-19(21,22)13-3-1-2-11(6-13)15-8-14(10-29-15)31(27,28)24-5-4-12-7-16(18(25)23-26)30-17(12)9-24/h1-3,6-8,10,26H,4-5,9H2,(H,23,25). The van der Waals surface area contributed by atoms with Gasteiger partial charge in [0.2, 0.25) is 10.0 Å². The number of thiophene rings is 2. The Bertz CT molecular complexity index is 1250. The first-order valence-electron chi connectivity index (χ1n) is 8.92. The highest BCUT2D eigenvalue weighted by Gasteiger charge is 2.32. The molecule has 0 aliphatic carbocycles. The van der Waals surface area contributed by atoms with Crippen LogP contribution in [0.15, 0.2) is 46.7 Å². The molecule has 3 aromatic rings. The highest BCUT2D eigenvalue weighted by molar-refractivity contribution is 7.89. The van der Waals surface area contributed by atoms with Crippen LogP contribution in [0, 0.1) is 0 Å². The topological polar surface area (TPSA) is 86.7 Å². The molecule has 0 atom stereocenters. The number of amides is 1. The molecule has 31 heavy (non-hydrogen) atoms. The van der Waals surface area contributed by atoms with Crippen molar-refractivity contribution in [1.82, 2.24) is 9.79 Å². The Morgan fingerprint density at radius 1 is 1.19 bits per heavy atom. The second kappa shape index (κ2) is 8.02. The molecule has 0 bridgehead atoms. The smallest absolute Gasteiger partial charge is 0.288 e. The van der Waals surface area contributed by atoms with Crippen LogP contribution in [0.25, 0.3) is 10.4 Å². The van der Waals surface area contributed by atoms with E-state index in [1.54, 1.807) is 11.5 Å². The number of hydroxylamine groups is 1. The van der Waals surface area contributed by atoms with Crippen molar-refractivity contribution < 1.29 is 31.6 Å². The van der Waals surface area contributed by atoms with Crippen molar-refractivity contribution in [3.63, 3.8) is 0 Å². The number of benzene rings is 1. The molecule has 12 heteroatoms. The Balaban J connectivity index is 1.59. The lowest BCUT2D eigenvalue weighted by Gasteiger charge is -2.25. The van der Waals surface area contributed by atoms with Gasteiger partial charge >= 0.3 is 6.18 Å². The van der Waals surface area contributed by atoms with Crippen molar-refractivity contribution in [3.8, 4) is 10.4 Å². The van der Waals surface area contributed by atoms with E-state index in [2.05, 4.69) is 0 Å². The van der Waals surface area contributed by atoms with Gasteiger partial charge in [-0.25, -0.2) is 13.9 Å². The quantitative estimate of drug-likeness (QED) is 0.422. The first kappa shape index (κ1) is 22.0. The highest BCUT2D eigenvalue weighted by Crippen LogP contribution is 2.37. The lowest BCUT2D eigenvalue weighted by Crippen LogP contribution is -2.35. The lowest BCUT2D eigenvalue weighted by molar-refractivity contribution is -0.137. The number of sulfonamides is 1. The summed E-state index contributed by atoms with van der Waals surface area (Å²) >= 11 is 2.17. The van der Waals surface area contributed by atoms with Crippen molar-refractivity contribution in [2.75, 3.05) is 6.54 Å². The number of hydrogen-bond acceptors (Lipinski definition) is 6. The predicted octanol–water partition coefficient (Wildman–Crippen LogP) is 4.36. The number of carbonyl (C=O) groups is 1. The van der Waals surface area contributed by atoms with Crippen LogP contribution in [0.4, 0.5) is 13.2 Å². The van der Waals surface area contributed by atoms with Crippen molar-refractivity contribution in [2.24, 2.45) is 0 Å². The first-order chi connectivity index (χ1) is 14.6. The number of nitrogens with one attached hydrogen (secondary N) is 1. The minimum Gasteiger partial charge on any atom is -0.288 e. The first-order valence-corrected chi connectivity index (χ1v) is 12.1. The Hall–Kier alpha value is -2.25. The van der Waals surface area contributed by atoms with Crippen LogP contribution >= 0.6 is 22.7 Å². The molecular formula is C19H15F3N2O4S3. The summed E-state index contributed by atoms with van der Waals surface area (Å²) in [6.07, 6.45) is -4.07. The zero-order chi connectivity index (χ0) is 22.4. The van der Waals surface area contributed by atoms with Crippen LogP contribution < -0.4 is 5.48 Å². The number of fused-ring (bicyclic) bond motifs is 1. The molecule has 2 N–H and O–H groups in total. The zero-order valence-electron chi connectivity index (χ0n) is 15.6. The fourth-order valence-electron chi connectivity index (χ4n) is 3.27. The maximum atomic E-state index is 13.1. The predicted molar refractivity (Wildman–Crippen MR) is 110 cm³/mol. The summed E-state index contributed by atoms with van der Waals surface area (Å²) in [5.74, 6) is -0.655. The third-order valence-corrected chi connectivity index (χ3v) is 8.97. The van der Waals surface area contributed by atoms with Gasteiger partial charge in [-0.15, -0.1) is 22.7 Å². The minimum absolute atomic E-state index is 0.0123. The van der Waals surface area contributed by atoms with E-state index in [4.69, 9.17) is 5.21 Å². The Morgan fingerprint density at radius 3 is 2.68 bits per heavy atom. The largest absolute Gasteiger partial charge is 0.416 e. The van der Waals surface area contributed by atoms with E-state index in [1.807, 2.05) is 0 Å². The minimum atomic E-state index is -4.49. The molecule has 1 aromatic carbocycles. The Labute approximate surface area is 183 Å². The van der Waals surface area contributed by atoms with Crippen molar-refractivity contribution in [2.45, 2.75) is 24.0 Å². The van der Waals surface area contributed by atoms with Gasteiger partial charge in [0.25, 0.3) is 5.91 Å². The molecule has 0 spiro atoms. The van der Waals surface area contributed by atoms with Gasteiger partial charge in [0.1, 0.15) is 0 Å². The van der Waals surface area contributed by atoms with E-state index in [9.17, 15) is 26.4 Å². The van der Waals surface area contributed by atoms with Crippen LogP contribution in [0.5, 0.6) is 0 Å². The lowest BCUT2D eigenvalue weighted by atomic mass is 10.1. The fraction of sp³-hybridized carbons (Fsp3) is 0.211. The van der Waals surface area contributed by atoms with E-state index in [0.29, 0.717) is 21.7 Å². The van der Waals surface area contributed by atoms with E-state index >= 15 is 0 Å². The van der Waals surface area contributed by atoms with Crippen LogP contribution in [-0.2, 0) is 29.2 Å². The summed E-state index contributed by atoms with van der Waals surface area (Å²) in [6.45, 7) is 0.288. The summed E-state index contributed by atoms with van der Waals surface area (Å²) in [5, 5.41) is 10.2. The molecule has 0 radical (unpaired) electrons. The molecule has 2 aromatic heterocycles. The molecule has 0 unspecified atom stereocenters. The SMILES string of the molecule is O=C(NO)c1cc2c(s1)CN(S(=O)(=O)c1csc(-c3cccc(C(F)(F)F)c3)c1)CC2. The van der Waals surface area contributed by atoms with Gasteiger partial charge in [0.05, 0.1) is 15.3 Å². The number of rotatable bonds is 4. The van der Waals surface area contributed by atoms with Crippen LogP contribution in [-0.4, -0.2) is 30.4 Å². The number of alkyl halides is 3. The molecule has 0 saturated carbocycles. The number of nitrogens with zero attached hydrogens (tertiary/aromatic N) is 1. The molecular weight excluding hydrogens is 473 g/mol. The zero-order valence-corrected chi connectivity index (χ0v) is 18.1. The number of hydrogen-bond donors (Lipinski definition) is 2. The molecule has 4 rings (SSSR count). The summed E-state index contributed by atoms with van der Waals surface area (Å²) in [4.78, 5) is 13.0. The Kier molecular flexibility index (Phi) is 5.68. The normalized spacial score (nSPS) is 15.0. The second-order valence-electron chi connectivity index (χ2n) is 6.81. The maximum Gasteiger partial charge on any atom is 0.416 e. The summed E-state index contributed by atoms with van der Waals surface area (Å²) < 4.78 is 66.4. The maximum absolute atomic E-state index is 13.1. The molecule has 0 fully saturated rings. The molecule has 1 aliphatic heterocycles. The molecule has 164 valence electrons. The van der Waals surface area contributed by atoms with Gasteiger partial charge in [0, 0.05) is 28.2 Å². The average molecular weight is 489 g/mol. The molecule has 1 aliphatic rings. The van der Waals surface area contributed by atoms with Gasteiger partial charge in [0.15, 0.2) is 0 Å². The van der Waals surface area contributed by atoms with Gasteiger partial charge in [-0.2, -0.15) is 17.5 Å². The van der Waals surface area contributed by atoms with Crippen molar-refractivity contribution in [3.05, 3.63) is 62.7 Å². The summed E-state index contributed by atoms with van der Waals surface area (Å²) in [7, 11) is -3.87. The van der Waals surface area contributed by atoms with Crippen LogP contribution in [0.1, 0.15) is 25.7 Å². The molecule has 0 saturated heterocycles. The Morgan fingerprint density at radius 2 is 1.97 bits per heavy atom. The van der Waals surface area contributed by atoms with E-state index in [0.717, 1.165) is 40.4 Å². The van der Waals surface area contributed by atoms with Gasteiger partial charge in [-0.1, -0.05) is 12.1 Å². The van der Waals surface area contributed by atoms with E-state index < -0.39 is 27.7 Å². The molecule has 3 heterocycles. The third kappa shape index (κ3) is 4.26. The molecule has 6 nitrogen and oxygen atoms in total. The summed E-state index contributed by atoms with van der Waals surface area (Å²) in [5.41, 5.74) is 1.90. The number of carbonyl (C=O) groups excluding carboxylic acids is 1. The van der Waals surface area contributed by atoms with Gasteiger partial charge in [-0.05, 0) is 41.8 Å². The van der Waals surface area contributed by atoms with Crippen LogP contribution in [0.2, 0.25) is 0 Å². The van der Waals surface area contributed by atoms with Gasteiger partial charge < -0.3 is 0 Å².